The summed E-state index contributed by atoms with van der Waals surface area (Å²) in [6.07, 6.45) is 4.26. The maximum Gasteiger partial charge on any atom is 0.261 e. The van der Waals surface area contributed by atoms with Gasteiger partial charge in [-0.1, -0.05) is 57.9 Å². The molecule has 1 saturated carbocycles. The van der Waals surface area contributed by atoms with Crippen molar-refractivity contribution in [1.29, 1.82) is 0 Å². The molecule has 1 aliphatic carbocycles. The van der Waals surface area contributed by atoms with Gasteiger partial charge in [0.1, 0.15) is 17.5 Å². The number of carbonyl (C=O) groups is 2. The Morgan fingerprint density at radius 3 is 2.35 bits per heavy atom. The van der Waals surface area contributed by atoms with E-state index in [1.165, 1.54) is 5.56 Å². The number of methoxy groups -OCH3 is 1. The Morgan fingerprint density at radius 2 is 1.74 bits per heavy atom. The van der Waals surface area contributed by atoms with Crippen molar-refractivity contribution in [2.45, 2.75) is 77.4 Å². The summed E-state index contributed by atoms with van der Waals surface area (Å²) in [5, 5.41) is 3.12. The summed E-state index contributed by atoms with van der Waals surface area (Å²) < 4.78 is 11.1. The van der Waals surface area contributed by atoms with E-state index in [1.54, 1.807) is 18.9 Å². The van der Waals surface area contributed by atoms with Crippen molar-refractivity contribution in [3.05, 3.63) is 59.7 Å². The highest BCUT2D eigenvalue weighted by atomic mass is 16.5. The van der Waals surface area contributed by atoms with Crippen LogP contribution in [0, 0.1) is 0 Å². The Kier molecular flexibility index (Phi) is 8.59. The van der Waals surface area contributed by atoms with Gasteiger partial charge in [0.15, 0.2) is 6.61 Å². The van der Waals surface area contributed by atoms with E-state index in [1.807, 2.05) is 48.5 Å². The van der Waals surface area contributed by atoms with Crippen LogP contribution >= 0.6 is 0 Å². The van der Waals surface area contributed by atoms with Crippen molar-refractivity contribution in [3.8, 4) is 11.5 Å². The minimum atomic E-state index is -0.619. The van der Waals surface area contributed by atoms with Gasteiger partial charge in [0, 0.05) is 12.6 Å². The summed E-state index contributed by atoms with van der Waals surface area (Å²) in [4.78, 5) is 27.9. The van der Waals surface area contributed by atoms with Gasteiger partial charge in [0.25, 0.3) is 5.91 Å². The molecule has 0 aromatic heterocycles. The molecule has 1 atom stereocenters. The SMILES string of the molecule is COc1cccc(CN(C(=O)COc2ccc(C(C)(C)C)cc2)[C@H](C)C(=O)NC2CCCC2)c1. The molecule has 1 N–H and O–H groups in total. The number of nitrogens with one attached hydrogen (secondary N) is 1. The molecule has 0 bridgehead atoms. The molecule has 6 heteroatoms. The highest BCUT2D eigenvalue weighted by Crippen LogP contribution is 2.24. The largest absolute Gasteiger partial charge is 0.497 e. The van der Waals surface area contributed by atoms with Gasteiger partial charge in [-0.15, -0.1) is 0 Å². The van der Waals surface area contributed by atoms with Crippen LogP contribution in [0.3, 0.4) is 0 Å². The third kappa shape index (κ3) is 6.99. The quantitative estimate of drug-likeness (QED) is 0.574. The number of rotatable bonds is 9. The summed E-state index contributed by atoms with van der Waals surface area (Å²) >= 11 is 0. The summed E-state index contributed by atoms with van der Waals surface area (Å²) in [6.45, 7) is 8.39. The van der Waals surface area contributed by atoms with E-state index >= 15 is 0 Å². The Balaban J connectivity index is 1.71. The van der Waals surface area contributed by atoms with Crippen LogP contribution in [0.15, 0.2) is 48.5 Å². The fraction of sp³-hybridized carbons (Fsp3) is 0.500. The number of hydrogen-bond donors (Lipinski definition) is 1. The lowest BCUT2D eigenvalue weighted by atomic mass is 9.87. The van der Waals surface area contributed by atoms with Crippen LogP contribution in [0.1, 0.15) is 64.5 Å². The fourth-order valence-corrected chi connectivity index (χ4v) is 4.22. The molecule has 1 aliphatic rings. The van der Waals surface area contributed by atoms with E-state index in [9.17, 15) is 9.59 Å². The molecule has 0 spiro atoms. The second kappa shape index (κ2) is 11.4. The first-order valence-corrected chi connectivity index (χ1v) is 12.1. The molecule has 0 heterocycles. The Bertz CT molecular complexity index is 959. The van der Waals surface area contributed by atoms with E-state index in [0.29, 0.717) is 18.0 Å². The Hall–Kier alpha value is -3.02. The van der Waals surface area contributed by atoms with E-state index in [2.05, 4.69) is 26.1 Å². The standard InChI is InChI=1S/C28H38N2O4/c1-20(27(32)29-23-10-6-7-11-23)30(18-21-9-8-12-25(17-21)33-5)26(31)19-34-24-15-13-22(14-16-24)28(2,3)4/h8-9,12-17,20,23H,6-7,10-11,18-19H2,1-5H3,(H,29,32)/t20-/m1/s1. The van der Waals surface area contributed by atoms with Crippen molar-refractivity contribution in [1.82, 2.24) is 10.2 Å². The molecule has 2 aromatic rings. The van der Waals surface area contributed by atoms with Crippen molar-refractivity contribution in [2.24, 2.45) is 0 Å². The topological polar surface area (TPSA) is 67.9 Å². The molecule has 0 saturated heterocycles. The lowest BCUT2D eigenvalue weighted by Crippen LogP contribution is -2.50. The Morgan fingerprint density at radius 1 is 1.06 bits per heavy atom. The third-order valence-corrected chi connectivity index (χ3v) is 6.44. The number of amides is 2. The maximum atomic E-state index is 13.3. The molecule has 1 fully saturated rings. The second-order valence-corrected chi connectivity index (χ2v) is 10.1. The predicted molar refractivity (Wildman–Crippen MR) is 134 cm³/mol. The van der Waals surface area contributed by atoms with Gasteiger partial charge in [0.2, 0.25) is 5.91 Å². The molecule has 0 unspecified atom stereocenters. The van der Waals surface area contributed by atoms with Gasteiger partial charge in [-0.25, -0.2) is 0 Å². The van der Waals surface area contributed by atoms with Gasteiger partial charge in [-0.05, 0) is 60.6 Å². The zero-order chi connectivity index (χ0) is 24.7. The summed E-state index contributed by atoms with van der Waals surface area (Å²) in [6, 6.07) is 14.9. The molecule has 2 amide bonds. The molecule has 6 nitrogen and oxygen atoms in total. The van der Waals surface area contributed by atoms with Crippen LogP contribution in [0.4, 0.5) is 0 Å². The summed E-state index contributed by atoms with van der Waals surface area (Å²) in [5.74, 6) is 0.975. The first-order valence-electron chi connectivity index (χ1n) is 12.1. The first kappa shape index (κ1) is 25.6. The second-order valence-electron chi connectivity index (χ2n) is 10.1. The van der Waals surface area contributed by atoms with Crippen LogP contribution in [0.2, 0.25) is 0 Å². The fourth-order valence-electron chi connectivity index (χ4n) is 4.22. The maximum absolute atomic E-state index is 13.3. The van der Waals surface area contributed by atoms with Crippen LogP contribution in [0.25, 0.3) is 0 Å². The van der Waals surface area contributed by atoms with Gasteiger partial charge in [-0.3, -0.25) is 9.59 Å². The van der Waals surface area contributed by atoms with Gasteiger partial charge >= 0.3 is 0 Å². The minimum absolute atomic E-state index is 0.0456. The molecule has 3 rings (SSSR count). The number of hydrogen-bond acceptors (Lipinski definition) is 4. The number of nitrogens with zero attached hydrogens (tertiary/aromatic N) is 1. The lowest BCUT2D eigenvalue weighted by Gasteiger charge is -2.29. The van der Waals surface area contributed by atoms with Crippen LogP contribution < -0.4 is 14.8 Å². The Labute approximate surface area is 203 Å². The number of carbonyl (C=O) groups excluding carboxylic acids is 2. The van der Waals surface area contributed by atoms with E-state index in [-0.39, 0.29) is 29.9 Å². The van der Waals surface area contributed by atoms with Crippen molar-refractivity contribution >= 4 is 11.8 Å². The number of ether oxygens (including phenoxy) is 2. The summed E-state index contributed by atoms with van der Waals surface area (Å²) in [7, 11) is 1.61. The third-order valence-electron chi connectivity index (χ3n) is 6.44. The smallest absolute Gasteiger partial charge is 0.261 e. The van der Waals surface area contributed by atoms with Crippen LogP contribution in [0.5, 0.6) is 11.5 Å². The number of benzene rings is 2. The monoisotopic (exact) mass is 466 g/mol. The highest BCUT2D eigenvalue weighted by Gasteiger charge is 2.29. The predicted octanol–water partition coefficient (Wildman–Crippen LogP) is 4.85. The molecule has 2 aromatic carbocycles. The lowest BCUT2D eigenvalue weighted by molar-refractivity contribution is -0.142. The molecule has 34 heavy (non-hydrogen) atoms. The molecule has 0 radical (unpaired) electrons. The molecular formula is C28H38N2O4. The van der Waals surface area contributed by atoms with Gasteiger partial charge in [0.05, 0.1) is 7.11 Å². The molecule has 0 aliphatic heterocycles. The zero-order valence-corrected chi connectivity index (χ0v) is 21.1. The van der Waals surface area contributed by atoms with Crippen molar-refractivity contribution < 1.29 is 19.1 Å². The molecule has 184 valence electrons. The summed E-state index contributed by atoms with van der Waals surface area (Å²) in [5.41, 5.74) is 2.13. The van der Waals surface area contributed by atoms with Gasteiger partial charge in [-0.2, -0.15) is 0 Å². The molecular weight excluding hydrogens is 428 g/mol. The van der Waals surface area contributed by atoms with Crippen molar-refractivity contribution in [3.63, 3.8) is 0 Å². The normalized spacial score (nSPS) is 15.0. The van der Waals surface area contributed by atoms with E-state index in [0.717, 1.165) is 31.2 Å². The van der Waals surface area contributed by atoms with E-state index in [4.69, 9.17) is 9.47 Å². The average Bonchev–Trinajstić information content (AvgIpc) is 3.33. The van der Waals surface area contributed by atoms with Crippen LogP contribution in [-0.4, -0.2) is 42.5 Å². The van der Waals surface area contributed by atoms with Crippen molar-refractivity contribution in [2.75, 3.05) is 13.7 Å². The highest BCUT2D eigenvalue weighted by molar-refractivity contribution is 5.88. The van der Waals surface area contributed by atoms with E-state index < -0.39 is 6.04 Å². The first-order chi connectivity index (χ1) is 16.2. The zero-order valence-electron chi connectivity index (χ0n) is 21.1. The van der Waals surface area contributed by atoms with Crippen LogP contribution in [-0.2, 0) is 21.5 Å². The van der Waals surface area contributed by atoms with Gasteiger partial charge < -0.3 is 19.7 Å². The average molecular weight is 467 g/mol. The minimum Gasteiger partial charge on any atom is -0.497 e.